The number of ether oxygens (including phenoxy) is 1. The maximum absolute atomic E-state index is 12.8. The number of nitro benzene ring substituents is 1. The molecule has 11 heteroatoms. The third-order valence-electron chi connectivity index (χ3n) is 4.73. The van der Waals surface area contributed by atoms with Crippen molar-refractivity contribution in [1.29, 1.82) is 0 Å². The van der Waals surface area contributed by atoms with E-state index >= 15 is 0 Å². The summed E-state index contributed by atoms with van der Waals surface area (Å²) in [6.07, 6.45) is 0.705. The van der Waals surface area contributed by atoms with Crippen LogP contribution in [0.25, 0.3) is 15.5 Å². The van der Waals surface area contributed by atoms with Crippen LogP contribution in [0.15, 0.2) is 36.4 Å². The van der Waals surface area contributed by atoms with Gasteiger partial charge < -0.3 is 10.1 Å². The van der Waals surface area contributed by atoms with Crippen LogP contribution in [0, 0.1) is 17.0 Å². The number of nitrogens with zero attached hydrogens (tertiary/aromatic N) is 5. The molecule has 0 bridgehead atoms. The van der Waals surface area contributed by atoms with Gasteiger partial charge >= 0.3 is 0 Å². The normalized spacial score (nSPS) is 10.9. The predicted octanol–water partition coefficient (Wildman–Crippen LogP) is 3.89. The molecule has 1 amide bonds. The topological polar surface area (TPSA) is 125 Å². The molecule has 0 radical (unpaired) electrons. The summed E-state index contributed by atoms with van der Waals surface area (Å²) < 4.78 is 7.07. The Bertz CT molecular complexity index is 1310. The third kappa shape index (κ3) is 3.82. The molecule has 0 aliphatic heterocycles. The van der Waals surface area contributed by atoms with Gasteiger partial charge in [0.05, 0.1) is 17.7 Å². The van der Waals surface area contributed by atoms with Crippen molar-refractivity contribution in [3.63, 3.8) is 0 Å². The van der Waals surface area contributed by atoms with Gasteiger partial charge in [-0.2, -0.15) is 9.61 Å². The lowest BCUT2D eigenvalue weighted by Crippen LogP contribution is -2.13. The first-order valence-corrected chi connectivity index (χ1v) is 10.2. The number of methoxy groups -OCH3 is 1. The number of nitro groups is 1. The Kier molecular flexibility index (Phi) is 5.34. The minimum absolute atomic E-state index is 0.111. The van der Waals surface area contributed by atoms with Crippen molar-refractivity contribution < 1.29 is 14.5 Å². The Morgan fingerprint density at radius 2 is 2.06 bits per heavy atom. The third-order valence-corrected chi connectivity index (χ3v) is 5.68. The molecule has 2 heterocycles. The number of hydrogen-bond donors (Lipinski definition) is 1. The van der Waals surface area contributed by atoms with E-state index < -0.39 is 10.8 Å². The number of rotatable bonds is 6. The van der Waals surface area contributed by atoms with E-state index in [9.17, 15) is 14.9 Å². The van der Waals surface area contributed by atoms with Crippen LogP contribution in [-0.2, 0) is 6.42 Å². The summed E-state index contributed by atoms with van der Waals surface area (Å²) in [6.45, 7) is 3.60. The first-order chi connectivity index (χ1) is 14.9. The Balaban J connectivity index is 1.67. The highest BCUT2D eigenvalue weighted by molar-refractivity contribution is 7.19. The maximum Gasteiger partial charge on any atom is 0.273 e. The minimum Gasteiger partial charge on any atom is -0.495 e. The van der Waals surface area contributed by atoms with Gasteiger partial charge in [-0.15, -0.1) is 10.2 Å². The highest BCUT2D eigenvalue weighted by Crippen LogP contribution is 2.33. The number of carbonyl (C=O) groups is 1. The number of hydrogen-bond acceptors (Lipinski definition) is 8. The number of nitrogens with one attached hydrogen (secondary N) is 1. The van der Waals surface area contributed by atoms with E-state index in [0.29, 0.717) is 33.4 Å². The zero-order valence-electron chi connectivity index (χ0n) is 16.9. The standard InChI is InChI=1S/C20H18N6O4S/c1-4-17-22-23-20-25(17)24-19(31-20)13-7-8-16(30-3)14(9-13)21-18(27)12-6-5-11(2)15(10-12)26(28)29/h5-10H,4H2,1-3H3,(H,21,27). The Hall–Kier alpha value is -3.86. The van der Waals surface area contributed by atoms with Gasteiger partial charge in [-0.25, -0.2) is 0 Å². The van der Waals surface area contributed by atoms with Crippen LogP contribution in [0.3, 0.4) is 0 Å². The van der Waals surface area contributed by atoms with Crippen LogP contribution in [0.4, 0.5) is 11.4 Å². The van der Waals surface area contributed by atoms with Gasteiger partial charge in [-0.3, -0.25) is 14.9 Å². The summed E-state index contributed by atoms with van der Waals surface area (Å²) in [5.74, 6) is 0.737. The molecule has 2 aromatic carbocycles. The van der Waals surface area contributed by atoms with Crippen LogP contribution in [0.5, 0.6) is 5.75 Å². The van der Waals surface area contributed by atoms with Crippen molar-refractivity contribution in [2.45, 2.75) is 20.3 Å². The molecule has 10 nitrogen and oxygen atoms in total. The number of aryl methyl sites for hydroxylation is 2. The van der Waals surface area contributed by atoms with Gasteiger partial charge in [-0.05, 0) is 31.2 Å². The van der Waals surface area contributed by atoms with Crippen molar-refractivity contribution >= 4 is 33.6 Å². The first-order valence-electron chi connectivity index (χ1n) is 9.37. The second kappa shape index (κ2) is 8.11. The highest BCUT2D eigenvalue weighted by atomic mass is 32.1. The van der Waals surface area contributed by atoms with E-state index in [1.54, 1.807) is 35.7 Å². The molecule has 4 rings (SSSR count). The Morgan fingerprint density at radius 3 is 2.77 bits per heavy atom. The number of anilines is 1. The summed E-state index contributed by atoms with van der Waals surface area (Å²) in [4.78, 5) is 24.1. The van der Waals surface area contributed by atoms with Crippen LogP contribution in [0.1, 0.15) is 28.7 Å². The number of fused-ring (bicyclic) bond motifs is 1. The van der Waals surface area contributed by atoms with E-state index in [1.807, 2.05) is 13.0 Å². The number of carbonyl (C=O) groups excluding carboxylic acids is 1. The fraction of sp³-hybridized carbons (Fsp3) is 0.200. The van der Waals surface area contributed by atoms with Gasteiger partial charge in [-0.1, -0.05) is 24.3 Å². The number of aromatic nitrogens is 4. The maximum atomic E-state index is 12.8. The van der Waals surface area contributed by atoms with Crippen molar-refractivity contribution in [2.75, 3.05) is 12.4 Å². The predicted molar refractivity (Wildman–Crippen MR) is 116 cm³/mol. The smallest absolute Gasteiger partial charge is 0.273 e. The SMILES string of the molecule is CCc1nnc2sc(-c3ccc(OC)c(NC(=O)c4ccc(C)c([N+](=O)[O-])c4)c3)nn12. The first kappa shape index (κ1) is 20.4. The summed E-state index contributed by atoms with van der Waals surface area (Å²) in [6, 6.07) is 9.66. The van der Waals surface area contributed by atoms with E-state index in [1.165, 1.54) is 24.5 Å². The highest BCUT2D eigenvalue weighted by Gasteiger charge is 2.18. The molecule has 0 aliphatic carbocycles. The van der Waals surface area contributed by atoms with Gasteiger partial charge in [0.2, 0.25) is 4.96 Å². The zero-order chi connectivity index (χ0) is 22.1. The molecule has 0 unspecified atom stereocenters. The lowest BCUT2D eigenvalue weighted by Gasteiger charge is -2.11. The Morgan fingerprint density at radius 1 is 1.26 bits per heavy atom. The average Bonchev–Trinajstić information content (AvgIpc) is 3.34. The fourth-order valence-corrected chi connectivity index (χ4v) is 3.93. The van der Waals surface area contributed by atoms with Gasteiger partial charge in [0.1, 0.15) is 10.8 Å². The van der Waals surface area contributed by atoms with Gasteiger partial charge in [0, 0.05) is 29.2 Å². The minimum atomic E-state index is -0.508. The molecule has 0 spiro atoms. The summed E-state index contributed by atoms with van der Waals surface area (Å²) in [5.41, 5.74) is 1.74. The van der Waals surface area contributed by atoms with Crippen LogP contribution in [-0.4, -0.2) is 37.8 Å². The van der Waals surface area contributed by atoms with Crippen molar-refractivity contribution in [2.24, 2.45) is 0 Å². The number of benzene rings is 2. The molecule has 0 saturated carbocycles. The lowest BCUT2D eigenvalue weighted by atomic mass is 10.1. The quantitative estimate of drug-likeness (QED) is 0.358. The monoisotopic (exact) mass is 438 g/mol. The van der Waals surface area contributed by atoms with Gasteiger partial charge in [0.15, 0.2) is 5.82 Å². The average molecular weight is 438 g/mol. The van der Waals surface area contributed by atoms with Gasteiger partial charge in [0.25, 0.3) is 11.6 Å². The van der Waals surface area contributed by atoms with E-state index in [-0.39, 0.29) is 11.3 Å². The molecular formula is C20H18N6O4S. The molecule has 0 saturated heterocycles. The number of amides is 1. The summed E-state index contributed by atoms with van der Waals surface area (Å²) >= 11 is 1.38. The van der Waals surface area contributed by atoms with E-state index in [4.69, 9.17) is 4.74 Å². The molecule has 158 valence electrons. The second-order valence-electron chi connectivity index (χ2n) is 6.70. The molecule has 4 aromatic rings. The van der Waals surface area contributed by atoms with Crippen molar-refractivity contribution in [1.82, 2.24) is 19.8 Å². The van der Waals surface area contributed by atoms with E-state index in [0.717, 1.165) is 11.4 Å². The van der Waals surface area contributed by atoms with Crippen LogP contribution >= 0.6 is 11.3 Å². The molecule has 31 heavy (non-hydrogen) atoms. The fourth-order valence-electron chi connectivity index (χ4n) is 3.08. The van der Waals surface area contributed by atoms with Crippen molar-refractivity contribution in [3.05, 3.63) is 63.5 Å². The molecule has 1 N–H and O–H groups in total. The Labute approximate surface area is 180 Å². The molecule has 0 aliphatic rings. The summed E-state index contributed by atoms with van der Waals surface area (Å²) in [7, 11) is 1.50. The molecule has 2 aromatic heterocycles. The summed E-state index contributed by atoms with van der Waals surface area (Å²) in [5, 5.41) is 27.5. The zero-order valence-corrected chi connectivity index (χ0v) is 17.8. The molecule has 0 fully saturated rings. The van der Waals surface area contributed by atoms with Crippen LogP contribution < -0.4 is 10.1 Å². The molecular weight excluding hydrogens is 420 g/mol. The van der Waals surface area contributed by atoms with E-state index in [2.05, 4.69) is 20.6 Å². The lowest BCUT2D eigenvalue weighted by molar-refractivity contribution is -0.385. The largest absolute Gasteiger partial charge is 0.495 e. The molecule has 0 atom stereocenters. The van der Waals surface area contributed by atoms with Crippen molar-refractivity contribution in [3.8, 4) is 16.3 Å². The van der Waals surface area contributed by atoms with Crippen LogP contribution in [0.2, 0.25) is 0 Å². The second-order valence-corrected chi connectivity index (χ2v) is 7.65.